The van der Waals surface area contributed by atoms with E-state index in [9.17, 15) is 9.18 Å². The molecule has 1 atom stereocenters. The van der Waals surface area contributed by atoms with E-state index in [0.717, 1.165) is 37.7 Å². The number of benzene rings is 1. The zero-order valence-electron chi connectivity index (χ0n) is 12.4. The van der Waals surface area contributed by atoms with Crippen molar-refractivity contribution in [2.24, 2.45) is 5.73 Å². The van der Waals surface area contributed by atoms with Crippen molar-refractivity contribution in [3.8, 4) is 0 Å². The monoisotopic (exact) mass is 294 g/mol. The Morgan fingerprint density at radius 1 is 1.33 bits per heavy atom. The van der Waals surface area contributed by atoms with Crippen LogP contribution < -0.4 is 11.1 Å². The highest BCUT2D eigenvalue weighted by Crippen LogP contribution is 2.26. The Hall–Kier alpha value is -1.46. The minimum absolute atomic E-state index is 0.119. The van der Waals surface area contributed by atoms with E-state index in [1.54, 1.807) is 19.2 Å². The Balaban J connectivity index is 1.93. The van der Waals surface area contributed by atoms with E-state index in [-0.39, 0.29) is 17.8 Å². The molecule has 2 rings (SSSR count). The van der Waals surface area contributed by atoms with Crippen molar-refractivity contribution >= 4 is 5.91 Å². The van der Waals surface area contributed by atoms with Gasteiger partial charge in [-0.3, -0.25) is 4.79 Å². The number of amides is 1. The summed E-state index contributed by atoms with van der Waals surface area (Å²) in [4.78, 5) is 12.3. The molecule has 0 heterocycles. The van der Waals surface area contributed by atoms with Gasteiger partial charge in [0.05, 0.1) is 11.6 Å². The van der Waals surface area contributed by atoms with Crippen LogP contribution >= 0.6 is 0 Å². The SMILES string of the molecule is COC(CNC(=O)C1(N)CCCCC1)c1ccc(F)cc1. The van der Waals surface area contributed by atoms with Crippen LogP contribution in [0.4, 0.5) is 4.39 Å². The van der Waals surface area contributed by atoms with Crippen molar-refractivity contribution in [3.63, 3.8) is 0 Å². The first kappa shape index (κ1) is 15.9. The third-order valence-corrected chi connectivity index (χ3v) is 4.17. The van der Waals surface area contributed by atoms with E-state index in [0.29, 0.717) is 6.54 Å². The predicted octanol–water partition coefficient (Wildman–Crippen LogP) is 2.29. The number of methoxy groups -OCH3 is 1. The molecule has 0 saturated heterocycles. The first-order chi connectivity index (χ1) is 10.0. The summed E-state index contributed by atoms with van der Waals surface area (Å²) in [5.74, 6) is -0.410. The maximum absolute atomic E-state index is 12.9. The van der Waals surface area contributed by atoms with Gasteiger partial charge in [-0.2, -0.15) is 0 Å². The fourth-order valence-corrected chi connectivity index (χ4v) is 2.79. The summed E-state index contributed by atoms with van der Waals surface area (Å²) < 4.78 is 18.3. The Morgan fingerprint density at radius 2 is 1.95 bits per heavy atom. The van der Waals surface area contributed by atoms with Crippen LogP contribution in [0.2, 0.25) is 0 Å². The molecule has 1 aliphatic rings. The molecule has 5 heteroatoms. The smallest absolute Gasteiger partial charge is 0.240 e. The second-order valence-electron chi connectivity index (χ2n) is 5.70. The normalized spacial score (nSPS) is 19.0. The largest absolute Gasteiger partial charge is 0.375 e. The molecule has 1 aliphatic carbocycles. The molecule has 0 radical (unpaired) electrons. The predicted molar refractivity (Wildman–Crippen MR) is 79.2 cm³/mol. The van der Waals surface area contributed by atoms with E-state index in [1.165, 1.54) is 12.1 Å². The van der Waals surface area contributed by atoms with Crippen LogP contribution in [0, 0.1) is 5.82 Å². The number of hydrogen-bond acceptors (Lipinski definition) is 3. The number of nitrogens with two attached hydrogens (primary N) is 1. The van der Waals surface area contributed by atoms with Crippen LogP contribution in [0.15, 0.2) is 24.3 Å². The molecule has 1 saturated carbocycles. The topological polar surface area (TPSA) is 64.3 Å². The third-order valence-electron chi connectivity index (χ3n) is 4.17. The molecule has 0 aromatic heterocycles. The number of nitrogens with one attached hydrogen (secondary N) is 1. The average molecular weight is 294 g/mol. The minimum atomic E-state index is -0.751. The van der Waals surface area contributed by atoms with Gasteiger partial charge in [0, 0.05) is 13.7 Å². The first-order valence-electron chi connectivity index (χ1n) is 7.40. The quantitative estimate of drug-likeness (QED) is 0.875. The van der Waals surface area contributed by atoms with E-state index in [2.05, 4.69) is 5.32 Å². The van der Waals surface area contributed by atoms with Crippen LogP contribution in [-0.4, -0.2) is 25.1 Å². The van der Waals surface area contributed by atoms with Gasteiger partial charge in [0.15, 0.2) is 0 Å². The fraction of sp³-hybridized carbons (Fsp3) is 0.562. The fourth-order valence-electron chi connectivity index (χ4n) is 2.79. The van der Waals surface area contributed by atoms with Gasteiger partial charge in [-0.15, -0.1) is 0 Å². The highest BCUT2D eigenvalue weighted by molar-refractivity contribution is 5.86. The molecule has 0 bridgehead atoms. The van der Waals surface area contributed by atoms with E-state index >= 15 is 0 Å². The van der Waals surface area contributed by atoms with E-state index in [1.807, 2.05) is 0 Å². The van der Waals surface area contributed by atoms with Crippen LogP contribution in [0.25, 0.3) is 0 Å². The number of carbonyl (C=O) groups excluding carboxylic acids is 1. The molecule has 3 N–H and O–H groups in total. The van der Waals surface area contributed by atoms with Crippen LogP contribution in [0.1, 0.15) is 43.8 Å². The number of rotatable bonds is 5. The first-order valence-corrected chi connectivity index (χ1v) is 7.40. The van der Waals surface area contributed by atoms with Gasteiger partial charge < -0.3 is 15.8 Å². The zero-order chi connectivity index (χ0) is 15.3. The van der Waals surface area contributed by atoms with Gasteiger partial charge in [0.2, 0.25) is 5.91 Å². The number of halogens is 1. The van der Waals surface area contributed by atoms with Crippen molar-refractivity contribution in [2.45, 2.75) is 43.7 Å². The highest BCUT2D eigenvalue weighted by atomic mass is 19.1. The number of hydrogen-bond donors (Lipinski definition) is 2. The van der Waals surface area contributed by atoms with Crippen molar-refractivity contribution in [1.29, 1.82) is 0 Å². The average Bonchev–Trinajstić information content (AvgIpc) is 2.50. The summed E-state index contributed by atoms with van der Waals surface area (Å²) in [6.45, 7) is 0.333. The molecule has 21 heavy (non-hydrogen) atoms. The van der Waals surface area contributed by atoms with Gasteiger partial charge in [-0.25, -0.2) is 4.39 Å². The second kappa shape index (κ2) is 7.00. The van der Waals surface area contributed by atoms with Gasteiger partial charge in [0.1, 0.15) is 5.82 Å². The third kappa shape index (κ3) is 4.02. The van der Waals surface area contributed by atoms with Crippen molar-refractivity contribution in [1.82, 2.24) is 5.32 Å². The Kier molecular flexibility index (Phi) is 5.31. The number of carbonyl (C=O) groups is 1. The molecule has 1 fully saturated rings. The van der Waals surface area contributed by atoms with E-state index < -0.39 is 5.54 Å². The minimum Gasteiger partial charge on any atom is -0.375 e. The van der Waals surface area contributed by atoms with Gasteiger partial charge in [0.25, 0.3) is 0 Å². The lowest BCUT2D eigenvalue weighted by Gasteiger charge is -2.32. The molecular weight excluding hydrogens is 271 g/mol. The standard InChI is InChI=1S/C16H23FN2O2/c1-21-14(12-5-7-13(17)8-6-12)11-19-15(20)16(18)9-3-2-4-10-16/h5-8,14H,2-4,9-11,18H2,1H3,(H,19,20). The summed E-state index contributed by atoms with van der Waals surface area (Å²) in [6.07, 6.45) is 4.29. The molecule has 1 aromatic carbocycles. The zero-order valence-corrected chi connectivity index (χ0v) is 12.4. The summed E-state index contributed by atoms with van der Waals surface area (Å²) >= 11 is 0. The van der Waals surface area contributed by atoms with Crippen molar-refractivity contribution in [3.05, 3.63) is 35.6 Å². The lowest BCUT2D eigenvalue weighted by atomic mass is 9.82. The lowest BCUT2D eigenvalue weighted by Crippen LogP contribution is -2.55. The summed E-state index contributed by atoms with van der Waals surface area (Å²) in [5, 5.41) is 2.87. The van der Waals surface area contributed by atoms with Crippen molar-refractivity contribution in [2.75, 3.05) is 13.7 Å². The molecule has 116 valence electrons. The molecule has 1 aromatic rings. The maximum Gasteiger partial charge on any atom is 0.240 e. The van der Waals surface area contributed by atoms with Crippen LogP contribution in [0.3, 0.4) is 0 Å². The molecule has 4 nitrogen and oxygen atoms in total. The van der Waals surface area contributed by atoms with E-state index in [4.69, 9.17) is 10.5 Å². The number of ether oxygens (including phenoxy) is 1. The summed E-state index contributed by atoms with van der Waals surface area (Å²) in [7, 11) is 1.57. The van der Waals surface area contributed by atoms with Gasteiger partial charge in [-0.1, -0.05) is 31.4 Å². The van der Waals surface area contributed by atoms with Gasteiger partial charge in [-0.05, 0) is 30.5 Å². The molecule has 1 amide bonds. The van der Waals surface area contributed by atoms with Crippen molar-refractivity contribution < 1.29 is 13.9 Å². The molecule has 0 aliphatic heterocycles. The Labute approximate surface area is 124 Å². The molecular formula is C16H23FN2O2. The Morgan fingerprint density at radius 3 is 2.52 bits per heavy atom. The van der Waals surface area contributed by atoms with Crippen LogP contribution in [-0.2, 0) is 9.53 Å². The summed E-state index contributed by atoms with van der Waals surface area (Å²) in [6, 6.07) is 6.09. The lowest BCUT2D eigenvalue weighted by molar-refractivity contribution is -0.128. The molecule has 1 unspecified atom stereocenters. The highest BCUT2D eigenvalue weighted by Gasteiger charge is 2.35. The van der Waals surface area contributed by atoms with Gasteiger partial charge >= 0.3 is 0 Å². The summed E-state index contributed by atoms with van der Waals surface area (Å²) in [5.41, 5.74) is 6.26. The second-order valence-corrected chi connectivity index (χ2v) is 5.70. The molecule has 0 spiro atoms. The maximum atomic E-state index is 12.9. The Bertz CT molecular complexity index is 470. The van der Waals surface area contributed by atoms with Crippen LogP contribution in [0.5, 0.6) is 0 Å².